The van der Waals surface area contributed by atoms with Crippen molar-refractivity contribution in [1.82, 2.24) is 15.0 Å². The molecule has 0 amide bonds. The first kappa shape index (κ1) is 8.68. The third kappa shape index (κ3) is 1.22. The quantitative estimate of drug-likeness (QED) is 0.684. The first-order valence-corrected chi connectivity index (χ1v) is 4.11. The number of imidazole rings is 1. The number of rotatable bonds is 1. The maximum absolute atomic E-state index is 11.3. The second-order valence-electron chi connectivity index (χ2n) is 2.89. The highest BCUT2D eigenvalue weighted by molar-refractivity contribution is 6.01. The van der Waals surface area contributed by atoms with Crippen molar-refractivity contribution < 1.29 is 9.53 Å². The summed E-state index contributed by atoms with van der Waals surface area (Å²) < 4.78 is 4.63. The molecule has 2 aromatic rings. The molecule has 0 aromatic carbocycles. The summed E-state index contributed by atoms with van der Waals surface area (Å²) in [5, 5.41) is 0. The van der Waals surface area contributed by atoms with E-state index in [9.17, 15) is 4.79 Å². The molecule has 0 unspecified atom stereocenters. The Hall–Kier alpha value is -1.91. The van der Waals surface area contributed by atoms with E-state index in [0.717, 1.165) is 5.82 Å². The second kappa shape index (κ2) is 3.10. The Kier molecular flexibility index (Phi) is 1.92. The number of nitrogens with one attached hydrogen (secondary N) is 1. The van der Waals surface area contributed by atoms with Gasteiger partial charge in [0.2, 0.25) is 0 Å². The van der Waals surface area contributed by atoms with Crippen molar-refractivity contribution in [2.75, 3.05) is 7.11 Å². The molecule has 0 fully saturated rings. The average Bonchev–Trinajstić information content (AvgIpc) is 2.56. The number of nitrogens with zero attached hydrogens (tertiary/aromatic N) is 2. The fourth-order valence-electron chi connectivity index (χ4n) is 1.32. The molecule has 72 valence electrons. The summed E-state index contributed by atoms with van der Waals surface area (Å²) >= 11 is 0. The van der Waals surface area contributed by atoms with E-state index >= 15 is 0 Å². The maximum Gasteiger partial charge on any atom is 0.341 e. The standard InChI is InChI=1S/C9H9N3O2/c1-5-11-7-4-10-3-6(8(7)12-5)9(13)14-2/h3-4H,1-2H3,(H,11,12). The molecule has 0 radical (unpaired) electrons. The van der Waals surface area contributed by atoms with Gasteiger partial charge in [-0.2, -0.15) is 0 Å². The number of carbonyl (C=O) groups excluding carboxylic acids is 1. The number of methoxy groups -OCH3 is 1. The number of hydrogen-bond donors (Lipinski definition) is 1. The first-order valence-electron chi connectivity index (χ1n) is 4.11. The zero-order valence-electron chi connectivity index (χ0n) is 7.87. The van der Waals surface area contributed by atoms with Crippen LogP contribution in [0.15, 0.2) is 12.4 Å². The molecular weight excluding hydrogens is 182 g/mol. The topological polar surface area (TPSA) is 67.9 Å². The molecule has 2 heterocycles. The minimum absolute atomic E-state index is 0.408. The van der Waals surface area contributed by atoms with Gasteiger partial charge < -0.3 is 9.72 Å². The summed E-state index contributed by atoms with van der Waals surface area (Å²) in [6.07, 6.45) is 3.07. The van der Waals surface area contributed by atoms with Crippen molar-refractivity contribution in [3.8, 4) is 0 Å². The van der Waals surface area contributed by atoms with Gasteiger partial charge in [0.25, 0.3) is 0 Å². The van der Waals surface area contributed by atoms with Crippen molar-refractivity contribution in [1.29, 1.82) is 0 Å². The number of fused-ring (bicyclic) bond motifs is 1. The molecule has 0 saturated carbocycles. The summed E-state index contributed by atoms with van der Waals surface area (Å²) in [6, 6.07) is 0. The van der Waals surface area contributed by atoms with Crippen LogP contribution >= 0.6 is 0 Å². The molecule has 0 bridgehead atoms. The lowest BCUT2D eigenvalue weighted by atomic mass is 10.2. The van der Waals surface area contributed by atoms with Crippen molar-refractivity contribution in [3.05, 3.63) is 23.8 Å². The largest absolute Gasteiger partial charge is 0.465 e. The monoisotopic (exact) mass is 191 g/mol. The van der Waals surface area contributed by atoms with Crippen molar-refractivity contribution >= 4 is 17.0 Å². The van der Waals surface area contributed by atoms with E-state index in [-0.39, 0.29) is 0 Å². The van der Waals surface area contributed by atoms with Crippen molar-refractivity contribution in [3.63, 3.8) is 0 Å². The molecule has 0 spiro atoms. The summed E-state index contributed by atoms with van der Waals surface area (Å²) in [4.78, 5) is 22.4. The number of aromatic nitrogens is 3. The van der Waals surface area contributed by atoms with Crippen LogP contribution in [0.1, 0.15) is 16.2 Å². The minimum Gasteiger partial charge on any atom is -0.465 e. The van der Waals surface area contributed by atoms with Crippen LogP contribution in [0.25, 0.3) is 11.0 Å². The second-order valence-corrected chi connectivity index (χ2v) is 2.89. The zero-order chi connectivity index (χ0) is 10.1. The molecule has 2 rings (SSSR count). The molecule has 5 heteroatoms. The smallest absolute Gasteiger partial charge is 0.341 e. The summed E-state index contributed by atoms with van der Waals surface area (Å²) in [5.74, 6) is 0.338. The van der Waals surface area contributed by atoms with Gasteiger partial charge in [0.1, 0.15) is 16.9 Å². The van der Waals surface area contributed by atoms with Crippen LogP contribution in [0.2, 0.25) is 0 Å². The predicted molar refractivity (Wildman–Crippen MR) is 50.0 cm³/mol. The Morgan fingerprint density at radius 2 is 2.29 bits per heavy atom. The lowest BCUT2D eigenvalue weighted by Gasteiger charge is -1.98. The minimum atomic E-state index is -0.410. The fraction of sp³-hybridized carbons (Fsp3) is 0.222. The first-order chi connectivity index (χ1) is 6.72. The zero-order valence-corrected chi connectivity index (χ0v) is 7.87. The fourth-order valence-corrected chi connectivity index (χ4v) is 1.32. The van der Waals surface area contributed by atoms with Crippen LogP contribution < -0.4 is 0 Å². The average molecular weight is 191 g/mol. The number of esters is 1. The maximum atomic E-state index is 11.3. The Morgan fingerprint density at radius 1 is 1.50 bits per heavy atom. The van der Waals surface area contributed by atoms with Crippen LogP contribution in [0, 0.1) is 6.92 Å². The normalized spacial score (nSPS) is 10.4. The Bertz CT molecular complexity index is 490. The van der Waals surface area contributed by atoms with Gasteiger partial charge in [-0.1, -0.05) is 0 Å². The molecule has 5 nitrogen and oxygen atoms in total. The molecule has 0 atom stereocenters. The molecule has 0 saturated heterocycles. The molecular formula is C9H9N3O2. The number of aryl methyl sites for hydroxylation is 1. The Balaban J connectivity index is 2.70. The highest BCUT2D eigenvalue weighted by atomic mass is 16.5. The van der Waals surface area contributed by atoms with E-state index in [0.29, 0.717) is 16.6 Å². The van der Waals surface area contributed by atoms with Crippen molar-refractivity contribution in [2.45, 2.75) is 6.92 Å². The van der Waals surface area contributed by atoms with Gasteiger partial charge in [0, 0.05) is 6.20 Å². The van der Waals surface area contributed by atoms with Gasteiger partial charge in [0.15, 0.2) is 0 Å². The summed E-state index contributed by atoms with van der Waals surface area (Å²) in [5.41, 5.74) is 1.75. The number of hydrogen-bond acceptors (Lipinski definition) is 4. The third-order valence-corrected chi connectivity index (χ3v) is 1.93. The molecule has 2 aromatic heterocycles. The van der Waals surface area contributed by atoms with Gasteiger partial charge in [0.05, 0.1) is 18.8 Å². The SMILES string of the molecule is COC(=O)c1cncc2nc(C)[nH]c12. The highest BCUT2D eigenvalue weighted by Crippen LogP contribution is 2.15. The van der Waals surface area contributed by atoms with Crippen molar-refractivity contribution in [2.24, 2.45) is 0 Å². The van der Waals surface area contributed by atoms with E-state index in [2.05, 4.69) is 19.7 Å². The summed E-state index contributed by atoms with van der Waals surface area (Å²) in [7, 11) is 1.34. The van der Waals surface area contributed by atoms with E-state index in [1.165, 1.54) is 13.3 Å². The Labute approximate surface area is 80.1 Å². The van der Waals surface area contributed by atoms with Gasteiger partial charge in [-0.15, -0.1) is 0 Å². The van der Waals surface area contributed by atoms with E-state index in [4.69, 9.17) is 0 Å². The lowest BCUT2D eigenvalue weighted by Crippen LogP contribution is -2.02. The van der Waals surface area contributed by atoms with Crippen LogP contribution in [0.4, 0.5) is 0 Å². The van der Waals surface area contributed by atoms with Crippen LogP contribution in [-0.2, 0) is 4.74 Å². The number of aromatic amines is 1. The van der Waals surface area contributed by atoms with Gasteiger partial charge in [-0.05, 0) is 6.92 Å². The van der Waals surface area contributed by atoms with Gasteiger partial charge in [-0.25, -0.2) is 9.78 Å². The van der Waals surface area contributed by atoms with Gasteiger partial charge >= 0.3 is 5.97 Å². The molecule has 1 N–H and O–H groups in total. The van der Waals surface area contributed by atoms with Crippen LogP contribution in [0.5, 0.6) is 0 Å². The molecule has 14 heavy (non-hydrogen) atoms. The predicted octanol–water partition coefficient (Wildman–Crippen LogP) is 1.05. The number of ether oxygens (including phenoxy) is 1. The molecule has 0 aliphatic heterocycles. The van der Waals surface area contributed by atoms with Crippen LogP contribution in [0.3, 0.4) is 0 Å². The number of pyridine rings is 1. The highest BCUT2D eigenvalue weighted by Gasteiger charge is 2.12. The molecule has 0 aliphatic carbocycles. The summed E-state index contributed by atoms with van der Waals surface area (Å²) in [6.45, 7) is 1.82. The molecule has 0 aliphatic rings. The van der Waals surface area contributed by atoms with Crippen LogP contribution in [-0.4, -0.2) is 28.0 Å². The number of carbonyl (C=O) groups is 1. The van der Waals surface area contributed by atoms with E-state index in [1.54, 1.807) is 6.20 Å². The number of H-pyrrole nitrogens is 1. The third-order valence-electron chi connectivity index (χ3n) is 1.93. The van der Waals surface area contributed by atoms with E-state index in [1.807, 2.05) is 6.92 Å². The van der Waals surface area contributed by atoms with Gasteiger partial charge in [-0.3, -0.25) is 4.98 Å². The lowest BCUT2D eigenvalue weighted by molar-refractivity contribution is 0.0602. The Morgan fingerprint density at radius 3 is 3.00 bits per heavy atom. The van der Waals surface area contributed by atoms with E-state index < -0.39 is 5.97 Å².